The van der Waals surface area contributed by atoms with E-state index >= 15 is 0 Å². The topological polar surface area (TPSA) is 123 Å². The van der Waals surface area contributed by atoms with Gasteiger partial charge in [0.25, 0.3) is 5.91 Å². The van der Waals surface area contributed by atoms with E-state index < -0.39 is 23.7 Å². The minimum absolute atomic E-state index is 0.0808. The van der Waals surface area contributed by atoms with Crippen LogP contribution in [-0.4, -0.2) is 89.9 Å². The Kier molecular flexibility index (Phi) is 13.7. The molecule has 45 heavy (non-hydrogen) atoms. The summed E-state index contributed by atoms with van der Waals surface area (Å²) in [5.41, 5.74) is 2.04. The fraction of sp³-hybridized carbons (Fsp3) is 0.455. The number of nitrogens with one attached hydrogen (secondary N) is 2. The van der Waals surface area contributed by atoms with Gasteiger partial charge in [0.15, 0.2) is 0 Å². The smallest absolute Gasteiger partial charge is 0.410 e. The van der Waals surface area contributed by atoms with Crippen LogP contribution >= 0.6 is 23.5 Å². The Labute approximate surface area is 274 Å². The number of nitrogens with zero attached hydrogens (tertiary/aromatic N) is 1. The molecule has 12 heteroatoms. The number of esters is 1. The number of hydrogen-bond acceptors (Lipinski definition) is 10. The first-order valence-electron chi connectivity index (χ1n) is 14.7. The van der Waals surface area contributed by atoms with E-state index in [-0.39, 0.29) is 29.1 Å². The molecule has 3 unspecified atom stereocenters. The average molecular weight is 658 g/mol. The lowest BCUT2D eigenvalue weighted by molar-refractivity contribution is -0.142. The molecule has 2 N–H and O–H groups in total. The summed E-state index contributed by atoms with van der Waals surface area (Å²) < 4.78 is 15.7. The van der Waals surface area contributed by atoms with Gasteiger partial charge in [-0.25, -0.2) is 14.4 Å². The fourth-order valence-electron chi connectivity index (χ4n) is 4.81. The number of anilines is 1. The van der Waals surface area contributed by atoms with Gasteiger partial charge in [-0.2, -0.15) is 11.8 Å². The van der Waals surface area contributed by atoms with Crippen molar-refractivity contribution < 1.29 is 33.4 Å². The van der Waals surface area contributed by atoms with Gasteiger partial charge < -0.3 is 29.7 Å². The predicted molar refractivity (Wildman–Crippen MR) is 181 cm³/mol. The second kappa shape index (κ2) is 17.2. The monoisotopic (exact) mass is 657 g/mol. The highest BCUT2D eigenvalue weighted by molar-refractivity contribution is 8.13. The lowest BCUT2D eigenvalue weighted by atomic mass is 9.98. The number of amides is 2. The van der Waals surface area contributed by atoms with Crippen molar-refractivity contribution in [2.45, 2.75) is 56.5 Å². The van der Waals surface area contributed by atoms with Crippen molar-refractivity contribution in [1.29, 1.82) is 0 Å². The summed E-state index contributed by atoms with van der Waals surface area (Å²) in [4.78, 5) is 52.8. The third-order valence-electron chi connectivity index (χ3n) is 6.88. The maximum absolute atomic E-state index is 13.5. The molecule has 0 radical (unpaired) electrons. The van der Waals surface area contributed by atoms with Gasteiger partial charge in [0, 0.05) is 29.6 Å². The van der Waals surface area contributed by atoms with Crippen LogP contribution in [0.5, 0.6) is 0 Å². The molecule has 244 valence electrons. The van der Waals surface area contributed by atoms with E-state index in [4.69, 9.17) is 14.2 Å². The molecule has 10 nitrogen and oxygen atoms in total. The van der Waals surface area contributed by atoms with Crippen molar-refractivity contribution >= 4 is 52.5 Å². The molecule has 1 aliphatic heterocycles. The molecular formula is C33H43N3O7S2. The summed E-state index contributed by atoms with van der Waals surface area (Å²) >= 11 is 2.67. The standard InChI is InChI=1S/C33H43N3O7S2/c1-7-16-42-31(39)36-21-25(45-32(40)43-33(2,3)4)19-24(36)20-34-23-13-14-26(27(18-23)22-11-9-8-10-12-22)29(37)35-28(15-17-44-6)30(38)41-5/h7-14,18,24-25,28,34H,1,15-17,19-21H2,2-6H3,(H,35,37). The molecule has 3 rings (SSSR count). The highest BCUT2D eigenvalue weighted by atomic mass is 32.2. The third kappa shape index (κ3) is 11.0. The normalized spacial score (nSPS) is 16.8. The molecule has 2 aromatic carbocycles. The Bertz CT molecular complexity index is 1330. The van der Waals surface area contributed by atoms with Crippen LogP contribution in [0, 0.1) is 0 Å². The second-order valence-corrected chi connectivity index (χ2v) is 13.7. The van der Waals surface area contributed by atoms with Gasteiger partial charge in [0.1, 0.15) is 18.2 Å². The molecule has 0 aromatic heterocycles. The van der Waals surface area contributed by atoms with E-state index in [1.165, 1.54) is 13.2 Å². The molecule has 0 saturated carbocycles. The van der Waals surface area contributed by atoms with Crippen molar-refractivity contribution in [3.8, 4) is 11.1 Å². The lowest BCUT2D eigenvalue weighted by Gasteiger charge is -2.24. The molecule has 1 aliphatic rings. The minimum atomic E-state index is -0.767. The van der Waals surface area contributed by atoms with Crippen LogP contribution in [0.2, 0.25) is 0 Å². The van der Waals surface area contributed by atoms with Crippen LogP contribution in [-0.2, 0) is 19.0 Å². The molecule has 0 spiro atoms. The molecule has 3 atom stereocenters. The van der Waals surface area contributed by atoms with Gasteiger partial charge in [-0.3, -0.25) is 4.79 Å². The number of methoxy groups -OCH3 is 1. The highest BCUT2D eigenvalue weighted by Gasteiger charge is 2.38. The molecule has 2 amide bonds. The molecule has 1 fully saturated rings. The number of thioether (sulfide) groups is 2. The molecular weight excluding hydrogens is 615 g/mol. The Morgan fingerprint density at radius 3 is 2.51 bits per heavy atom. The van der Waals surface area contributed by atoms with E-state index in [0.29, 0.717) is 42.8 Å². The number of hydrogen-bond donors (Lipinski definition) is 2. The predicted octanol–water partition coefficient (Wildman–Crippen LogP) is 6.22. The summed E-state index contributed by atoms with van der Waals surface area (Å²) in [6.07, 6.45) is 3.96. The number of benzene rings is 2. The number of likely N-dealkylation sites (tertiary alicyclic amines) is 1. The summed E-state index contributed by atoms with van der Waals surface area (Å²) in [6, 6.07) is 13.9. The number of ether oxygens (including phenoxy) is 3. The Morgan fingerprint density at radius 1 is 1.13 bits per heavy atom. The van der Waals surface area contributed by atoms with Crippen LogP contribution in [0.1, 0.15) is 44.0 Å². The van der Waals surface area contributed by atoms with Crippen molar-refractivity contribution in [2.75, 3.05) is 44.1 Å². The van der Waals surface area contributed by atoms with E-state index in [1.807, 2.05) is 63.4 Å². The van der Waals surface area contributed by atoms with Gasteiger partial charge in [0.2, 0.25) is 0 Å². The first-order valence-corrected chi connectivity index (χ1v) is 17.0. The summed E-state index contributed by atoms with van der Waals surface area (Å²) in [6.45, 7) is 9.85. The van der Waals surface area contributed by atoms with Crippen molar-refractivity contribution in [3.63, 3.8) is 0 Å². The maximum Gasteiger partial charge on any atom is 0.410 e. The summed E-state index contributed by atoms with van der Waals surface area (Å²) in [7, 11) is 1.31. The van der Waals surface area contributed by atoms with Crippen molar-refractivity contribution in [2.24, 2.45) is 0 Å². The van der Waals surface area contributed by atoms with Gasteiger partial charge in [-0.1, -0.05) is 43.0 Å². The first kappa shape index (κ1) is 35.8. The molecule has 0 aliphatic carbocycles. The van der Waals surface area contributed by atoms with Crippen LogP contribution in [0.4, 0.5) is 15.3 Å². The molecule has 1 heterocycles. The fourth-order valence-corrected chi connectivity index (χ4v) is 6.40. The van der Waals surface area contributed by atoms with Gasteiger partial charge in [0.05, 0.1) is 13.2 Å². The molecule has 2 aromatic rings. The number of carbonyl (C=O) groups is 4. The quantitative estimate of drug-likeness (QED) is 0.146. The first-order chi connectivity index (χ1) is 21.4. The number of carbonyl (C=O) groups excluding carboxylic acids is 4. The Morgan fingerprint density at radius 2 is 1.87 bits per heavy atom. The minimum Gasteiger partial charge on any atom is -0.467 e. The largest absolute Gasteiger partial charge is 0.467 e. The lowest BCUT2D eigenvalue weighted by Crippen LogP contribution is -2.42. The van der Waals surface area contributed by atoms with E-state index in [9.17, 15) is 19.2 Å². The Balaban J connectivity index is 1.81. The van der Waals surface area contributed by atoms with E-state index in [0.717, 1.165) is 23.0 Å². The van der Waals surface area contributed by atoms with Crippen LogP contribution in [0.3, 0.4) is 0 Å². The van der Waals surface area contributed by atoms with Crippen LogP contribution in [0.25, 0.3) is 11.1 Å². The van der Waals surface area contributed by atoms with Gasteiger partial charge >= 0.3 is 17.4 Å². The SMILES string of the molecule is C=CCOC(=O)N1CC(SC(=O)OC(C)(C)C)CC1CNc1ccc(C(=O)NC(CCSC)C(=O)OC)c(-c2ccccc2)c1. The van der Waals surface area contributed by atoms with E-state index in [1.54, 1.807) is 28.8 Å². The summed E-state index contributed by atoms with van der Waals surface area (Å²) in [5.74, 6) is -0.191. The third-order valence-corrected chi connectivity index (χ3v) is 8.47. The van der Waals surface area contributed by atoms with Crippen molar-refractivity contribution in [1.82, 2.24) is 10.2 Å². The second-order valence-electron chi connectivity index (χ2n) is 11.4. The zero-order valence-corrected chi connectivity index (χ0v) is 28.1. The zero-order valence-electron chi connectivity index (χ0n) is 26.5. The van der Waals surface area contributed by atoms with E-state index in [2.05, 4.69) is 17.2 Å². The van der Waals surface area contributed by atoms with Gasteiger partial charge in [-0.15, -0.1) is 0 Å². The van der Waals surface area contributed by atoms with Crippen molar-refractivity contribution in [3.05, 3.63) is 66.7 Å². The molecule has 0 bridgehead atoms. The highest BCUT2D eigenvalue weighted by Crippen LogP contribution is 2.32. The maximum atomic E-state index is 13.5. The van der Waals surface area contributed by atoms with Crippen LogP contribution < -0.4 is 10.6 Å². The number of rotatable bonds is 13. The van der Waals surface area contributed by atoms with Crippen LogP contribution in [0.15, 0.2) is 61.2 Å². The summed E-state index contributed by atoms with van der Waals surface area (Å²) in [5, 5.41) is 5.70. The average Bonchev–Trinajstić information content (AvgIpc) is 3.41. The molecule has 1 saturated heterocycles. The zero-order chi connectivity index (χ0) is 33.0. The van der Waals surface area contributed by atoms with Gasteiger partial charge in [-0.05, 0) is 86.7 Å². The Hall–Kier alpha value is -3.64.